The SMILES string of the molecule is O=C(Nc1cnn(CC2COc3ccccc3O2)c1)NC1CCCCCC1. The van der Waals surface area contributed by atoms with Crippen LogP contribution < -0.4 is 20.1 Å². The molecule has 2 aromatic rings. The van der Waals surface area contributed by atoms with E-state index in [9.17, 15) is 4.79 Å². The molecule has 2 aliphatic rings. The summed E-state index contributed by atoms with van der Waals surface area (Å²) in [5.74, 6) is 1.52. The fourth-order valence-electron chi connectivity index (χ4n) is 3.67. The van der Waals surface area contributed by atoms with Gasteiger partial charge in [-0.3, -0.25) is 4.68 Å². The number of nitrogens with zero attached hydrogens (tertiary/aromatic N) is 2. The first-order chi connectivity index (χ1) is 13.3. The third-order valence-corrected chi connectivity index (χ3v) is 5.04. The van der Waals surface area contributed by atoms with E-state index >= 15 is 0 Å². The van der Waals surface area contributed by atoms with Crippen molar-refractivity contribution in [3.63, 3.8) is 0 Å². The summed E-state index contributed by atoms with van der Waals surface area (Å²) in [6, 6.07) is 7.76. The number of carbonyl (C=O) groups is 1. The fraction of sp³-hybridized carbons (Fsp3) is 0.500. The van der Waals surface area contributed by atoms with Crippen LogP contribution in [0.4, 0.5) is 10.5 Å². The van der Waals surface area contributed by atoms with Crippen molar-refractivity contribution in [3.05, 3.63) is 36.7 Å². The highest BCUT2D eigenvalue weighted by atomic mass is 16.6. The first kappa shape index (κ1) is 17.7. The molecule has 4 rings (SSSR count). The molecule has 0 spiro atoms. The molecule has 7 heteroatoms. The number of benzene rings is 1. The summed E-state index contributed by atoms with van der Waals surface area (Å²) in [4.78, 5) is 12.2. The van der Waals surface area contributed by atoms with Crippen molar-refractivity contribution in [1.29, 1.82) is 0 Å². The number of ether oxygens (including phenoxy) is 2. The number of rotatable bonds is 4. The number of urea groups is 1. The minimum atomic E-state index is -0.160. The molecule has 1 atom stereocenters. The van der Waals surface area contributed by atoms with Crippen LogP contribution in [-0.2, 0) is 6.54 Å². The van der Waals surface area contributed by atoms with Crippen LogP contribution in [0.15, 0.2) is 36.7 Å². The van der Waals surface area contributed by atoms with Crippen LogP contribution in [0.2, 0.25) is 0 Å². The molecule has 2 heterocycles. The van der Waals surface area contributed by atoms with E-state index in [1.165, 1.54) is 25.7 Å². The molecule has 1 saturated carbocycles. The van der Waals surface area contributed by atoms with Gasteiger partial charge >= 0.3 is 6.03 Å². The van der Waals surface area contributed by atoms with E-state index in [0.717, 1.165) is 24.3 Å². The molecule has 1 aliphatic carbocycles. The fourth-order valence-corrected chi connectivity index (χ4v) is 3.67. The Morgan fingerprint density at radius 2 is 1.93 bits per heavy atom. The molecule has 0 saturated heterocycles. The van der Waals surface area contributed by atoms with Crippen LogP contribution in [0.25, 0.3) is 0 Å². The number of carbonyl (C=O) groups excluding carboxylic acids is 1. The molecule has 1 unspecified atom stereocenters. The van der Waals surface area contributed by atoms with Gasteiger partial charge in [-0.05, 0) is 25.0 Å². The van der Waals surface area contributed by atoms with Gasteiger partial charge in [0.1, 0.15) is 6.61 Å². The summed E-state index contributed by atoms with van der Waals surface area (Å²) in [6.45, 7) is 1.03. The number of hydrogen-bond acceptors (Lipinski definition) is 4. The zero-order chi connectivity index (χ0) is 18.5. The van der Waals surface area contributed by atoms with Crippen molar-refractivity contribution in [3.8, 4) is 11.5 Å². The molecule has 0 radical (unpaired) electrons. The van der Waals surface area contributed by atoms with Crippen molar-refractivity contribution >= 4 is 11.7 Å². The Morgan fingerprint density at radius 1 is 1.15 bits per heavy atom. The third-order valence-electron chi connectivity index (χ3n) is 5.04. The minimum Gasteiger partial charge on any atom is -0.486 e. The Labute approximate surface area is 159 Å². The number of nitrogens with one attached hydrogen (secondary N) is 2. The molecule has 0 bridgehead atoms. The van der Waals surface area contributed by atoms with E-state index in [-0.39, 0.29) is 18.2 Å². The van der Waals surface area contributed by atoms with Gasteiger partial charge in [0.2, 0.25) is 0 Å². The molecule has 1 aromatic carbocycles. The quantitative estimate of drug-likeness (QED) is 0.807. The zero-order valence-electron chi connectivity index (χ0n) is 15.4. The Hall–Kier alpha value is -2.70. The van der Waals surface area contributed by atoms with Gasteiger partial charge in [-0.25, -0.2) is 4.79 Å². The van der Waals surface area contributed by atoms with Crippen LogP contribution >= 0.6 is 0 Å². The van der Waals surface area contributed by atoms with Crippen molar-refractivity contribution < 1.29 is 14.3 Å². The standard InChI is InChI=1S/C20H26N4O3/c25-20(22-15-7-3-1-2-4-8-15)23-16-11-21-24(12-16)13-17-14-26-18-9-5-6-10-19(18)27-17/h5-6,9-12,15,17H,1-4,7-8,13-14H2,(H2,22,23,25). The molecule has 27 heavy (non-hydrogen) atoms. The minimum absolute atomic E-state index is 0.118. The number of para-hydroxylation sites is 2. The number of hydrogen-bond donors (Lipinski definition) is 2. The number of aromatic nitrogens is 2. The summed E-state index contributed by atoms with van der Waals surface area (Å²) in [5.41, 5.74) is 0.679. The number of fused-ring (bicyclic) bond motifs is 1. The normalized spacial score (nSPS) is 19.9. The molecule has 2 amide bonds. The maximum Gasteiger partial charge on any atom is 0.319 e. The highest BCUT2D eigenvalue weighted by Gasteiger charge is 2.21. The Kier molecular flexibility index (Phi) is 5.46. The van der Waals surface area contributed by atoms with Gasteiger partial charge in [0, 0.05) is 12.2 Å². The molecular weight excluding hydrogens is 344 g/mol. The van der Waals surface area contributed by atoms with Gasteiger partial charge in [0.05, 0.1) is 18.4 Å². The van der Waals surface area contributed by atoms with Gasteiger partial charge in [-0.2, -0.15) is 5.10 Å². The molecule has 1 aliphatic heterocycles. The zero-order valence-corrected chi connectivity index (χ0v) is 15.4. The molecule has 1 fully saturated rings. The Morgan fingerprint density at radius 3 is 2.74 bits per heavy atom. The molecule has 1 aromatic heterocycles. The molecule has 144 valence electrons. The molecule has 2 N–H and O–H groups in total. The molecular formula is C20H26N4O3. The smallest absolute Gasteiger partial charge is 0.319 e. The van der Waals surface area contributed by atoms with E-state index in [4.69, 9.17) is 9.47 Å². The lowest BCUT2D eigenvalue weighted by atomic mass is 10.1. The maximum absolute atomic E-state index is 12.2. The van der Waals surface area contributed by atoms with Crippen molar-refractivity contribution in [1.82, 2.24) is 15.1 Å². The maximum atomic E-state index is 12.2. The summed E-state index contributed by atoms with van der Waals surface area (Å²) < 4.78 is 13.4. The Bertz CT molecular complexity index is 768. The van der Waals surface area contributed by atoms with E-state index in [2.05, 4.69) is 15.7 Å². The second kappa shape index (κ2) is 8.33. The lowest BCUT2D eigenvalue weighted by Crippen LogP contribution is -2.37. The van der Waals surface area contributed by atoms with Crippen LogP contribution in [0, 0.1) is 0 Å². The first-order valence-corrected chi connectivity index (χ1v) is 9.75. The first-order valence-electron chi connectivity index (χ1n) is 9.75. The van der Waals surface area contributed by atoms with Crippen LogP contribution in [0.5, 0.6) is 11.5 Å². The summed E-state index contributed by atoms with van der Waals surface area (Å²) in [5, 5.41) is 10.3. The van der Waals surface area contributed by atoms with Crippen molar-refractivity contribution in [2.75, 3.05) is 11.9 Å². The average molecular weight is 370 g/mol. The Balaban J connectivity index is 1.28. The largest absolute Gasteiger partial charge is 0.486 e. The summed E-state index contributed by atoms with van der Waals surface area (Å²) in [6.07, 6.45) is 10.4. The van der Waals surface area contributed by atoms with E-state index in [1.807, 2.05) is 30.5 Å². The molecule has 7 nitrogen and oxygen atoms in total. The predicted octanol–water partition coefficient (Wildman–Crippen LogP) is 3.57. The number of amides is 2. The van der Waals surface area contributed by atoms with Gasteiger partial charge in [-0.1, -0.05) is 37.8 Å². The van der Waals surface area contributed by atoms with Gasteiger partial charge in [0.25, 0.3) is 0 Å². The van der Waals surface area contributed by atoms with Crippen molar-refractivity contribution in [2.45, 2.75) is 57.2 Å². The average Bonchev–Trinajstić information content (AvgIpc) is 2.94. The predicted molar refractivity (Wildman–Crippen MR) is 102 cm³/mol. The van der Waals surface area contributed by atoms with E-state index in [1.54, 1.807) is 10.9 Å². The van der Waals surface area contributed by atoms with E-state index < -0.39 is 0 Å². The topological polar surface area (TPSA) is 77.4 Å². The lowest BCUT2D eigenvalue weighted by molar-refractivity contribution is 0.0759. The second-order valence-electron chi connectivity index (χ2n) is 7.24. The monoisotopic (exact) mass is 370 g/mol. The number of anilines is 1. The van der Waals surface area contributed by atoms with Gasteiger partial charge in [-0.15, -0.1) is 0 Å². The lowest BCUT2D eigenvalue weighted by Gasteiger charge is -2.26. The summed E-state index contributed by atoms with van der Waals surface area (Å²) >= 11 is 0. The van der Waals surface area contributed by atoms with E-state index in [0.29, 0.717) is 18.8 Å². The van der Waals surface area contributed by atoms with Crippen LogP contribution in [-0.4, -0.2) is 34.6 Å². The summed E-state index contributed by atoms with van der Waals surface area (Å²) in [7, 11) is 0. The highest BCUT2D eigenvalue weighted by Crippen LogP contribution is 2.31. The highest BCUT2D eigenvalue weighted by molar-refractivity contribution is 5.89. The second-order valence-corrected chi connectivity index (χ2v) is 7.24. The van der Waals surface area contributed by atoms with Gasteiger partial charge in [0.15, 0.2) is 17.6 Å². The third kappa shape index (κ3) is 4.72. The van der Waals surface area contributed by atoms with Crippen LogP contribution in [0.3, 0.4) is 0 Å². The van der Waals surface area contributed by atoms with Crippen molar-refractivity contribution in [2.24, 2.45) is 0 Å². The van der Waals surface area contributed by atoms with Gasteiger partial charge < -0.3 is 20.1 Å². The van der Waals surface area contributed by atoms with Crippen LogP contribution in [0.1, 0.15) is 38.5 Å².